The van der Waals surface area contributed by atoms with Gasteiger partial charge in [0.05, 0.1) is 27.1 Å². The summed E-state index contributed by atoms with van der Waals surface area (Å²) in [4.78, 5) is 16.9. The molecule has 0 N–H and O–H groups in total. The Labute approximate surface area is 159 Å². The molecule has 2 fully saturated rings. The fourth-order valence-corrected chi connectivity index (χ4v) is 4.85. The molecule has 1 aromatic carbocycles. The molecule has 0 aliphatic carbocycles. The Morgan fingerprint density at radius 1 is 1.00 bits per heavy atom. The summed E-state index contributed by atoms with van der Waals surface area (Å²) in [7, 11) is 4.82. The molecule has 0 saturated carbocycles. The van der Waals surface area contributed by atoms with Crippen molar-refractivity contribution >= 4 is 17.7 Å². The summed E-state index contributed by atoms with van der Waals surface area (Å²) < 4.78 is 16.3. The van der Waals surface area contributed by atoms with Gasteiger partial charge in [0.1, 0.15) is 5.37 Å². The van der Waals surface area contributed by atoms with Crippen LogP contribution in [0.5, 0.6) is 17.2 Å². The third-order valence-corrected chi connectivity index (χ3v) is 6.30. The van der Waals surface area contributed by atoms with Crippen molar-refractivity contribution in [2.24, 2.45) is 0 Å². The Balaban J connectivity index is 1.78. The van der Waals surface area contributed by atoms with Crippen molar-refractivity contribution in [2.75, 3.05) is 53.3 Å². The molecule has 3 rings (SSSR count). The van der Waals surface area contributed by atoms with Crippen LogP contribution in [-0.4, -0.2) is 69.0 Å². The van der Waals surface area contributed by atoms with Gasteiger partial charge in [-0.3, -0.25) is 4.79 Å². The first-order valence-corrected chi connectivity index (χ1v) is 10.2. The van der Waals surface area contributed by atoms with E-state index in [1.54, 1.807) is 33.1 Å². The molecule has 1 amide bonds. The van der Waals surface area contributed by atoms with Crippen molar-refractivity contribution in [3.63, 3.8) is 0 Å². The molecule has 0 spiro atoms. The highest BCUT2D eigenvalue weighted by molar-refractivity contribution is 8.00. The topological polar surface area (TPSA) is 51.2 Å². The van der Waals surface area contributed by atoms with E-state index in [2.05, 4.69) is 4.90 Å². The Hall–Kier alpha value is -1.60. The predicted octanol–water partition coefficient (Wildman–Crippen LogP) is 2.77. The number of nitrogens with zero attached hydrogens (tertiary/aromatic N) is 2. The first-order valence-electron chi connectivity index (χ1n) is 9.11. The molecule has 1 atom stereocenters. The van der Waals surface area contributed by atoms with Crippen LogP contribution in [0.15, 0.2) is 12.1 Å². The third-order valence-electron chi connectivity index (χ3n) is 5.05. The lowest BCUT2D eigenvalue weighted by molar-refractivity contribution is -0.128. The Morgan fingerprint density at radius 2 is 1.65 bits per heavy atom. The smallest absolute Gasteiger partial charge is 0.233 e. The van der Waals surface area contributed by atoms with E-state index in [4.69, 9.17) is 14.2 Å². The second kappa shape index (κ2) is 8.86. The maximum Gasteiger partial charge on any atom is 0.233 e. The van der Waals surface area contributed by atoms with Crippen molar-refractivity contribution in [3.05, 3.63) is 17.7 Å². The molecule has 0 radical (unpaired) electrons. The molecular weight excluding hydrogens is 352 g/mol. The summed E-state index contributed by atoms with van der Waals surface area (Å²) in [6.45, 7) is 3.98. The molecular formula is C19H28N2O4S. The van der Waals surface area contributed by atoms with Gasteiger partial charge in [-0.15, -0.1) is 11.8 Å². The average molecular weight is 381 g/mol. The number of hydrogen-bond acceptors (Lipinski definition) is 6. The predicted molar refractivity (Wildman–Crippen MR) is 103 cm³/mol. The number of likely N-dealkylation sites (tertiary alicyclic amines) is 1. The van der Waals surface area contributed by atoms with Gasteiger partial charge in [0.15, 0.2) is 11.5 Å². The molecule has 2 aliphatic rings. The molecule has 2 aliphatic heterocycles. The lowest BCUT2D eigenvalue weighted by atomic mass is 10.1. The van der Waals surface area contributed by atoms with Crippen molar-refractivity contribution in [1.29, 1.82) is 0 Å². The monoisotopic (exact) mass is 380 g/mol. The summed E-state index contributed by atoms with van der Waals surface area (Å²) in [6, 6.07) is 3.90. The Kier molecular flexibility index (Phi) is 6.53. The number of methoxy groups -OCH3 is 3. The quantitative estimate of drug-likeness (QED) is 0.725. The van der Waals surface area contributed by atoms with Gasteiger partial charge in [-0.2, -0.15) is 0 Å². The largest absolute Gasteiger partial charge is 0.493 e. The van der Waals surface area contributed by atoms with Gasteiger partial charge < -0.3 is 24.0 Å². The van der Waals surface area contributed by atoms with Crippen LogP contribution in [0.3, 0.4) is 0 Å². The van der Waals surface area contributed by atoms with Gasteiger partial charge in [0.25, 0.3) is 0 Å². The van der Waals surface area contributed by atoms with Crippen LogP contribution in [0.1, 0.15) is 30.2 Å². The fourth-order valence-electron chi connectivity index (χ4n) is 3.65. The highest BCUT2D eigenvalue weighted by Crippen LogP contribution is 2.45. The highest BCUT2D eigenvalue weighted by atomic mass is 32.2. The summed E-state index contributed by atoms with van der Waals surface area (Å²) >= 11 is 1.66. The number of rotatable bonds is 7. The van der Waals surface area contributed by atoms with E-state index < -0.39 is 0 Å². The number of thioether (sulfide) groups is 1. The number of amides is 1. The average Bonchev–Trinajstić information content (AvgIpc) is 3.06. The number of piperidine rings is 1. The molecule has 0 unspecified atom stereocenters. The second-order valence-electron chi connectivity index (χ2n) is 6.61. The summed E-state index contributed by atoms with van der Waals surface area (Å²) in [5.41, 5.74) is 1.01. The van der Waals surface area contributed by atoms with Gasteiger partial charge in [0.2, 0.25) is 11.7 Å². The zero-order chi connectivity index (χ0) is 18.5. The van der Waals surface area contributed by atoms with Gasteiger partial charge in [0, 0.05) is 13.1 Å². The Morgan fingerprint density at radius 3 is 2.23 bits per heavy atom. The third kappa shape index (κ3) is 4.04. The number of benzene rings is 1. The van der Waals surface area contributed by atoms with Crippen LogP contribution in [0.4, 0.5) is 0 Å². The minimum Gasteiger partial charge on any atom is -0.493 e. The number of hydrogen-bond donors (Lipinski definition) is 0. The highest BCUT2D eigenvalue weighted by Gasteiger charge is 2.34. The lowest BCUT2D eigenvalue weighted by Gasteiger charge is -2.31. The van der Waals surface area contributed by atoms with E-state index >= 15 is 0 Å². The standard InChI is InChI=1S/C19H28N2O4S/c1-23-15-11-14(12-16(24-2)18(15)25-3)19-21(17(22)13-26-19)10-9-20-7-5-4-6-8-20/h11-12,19H,4-10,13H2,1-3H3/t19-/m0/s1. The molecule has 6 nitrogen and oxygen atoms in total. The molecule has 0 bridgehead atoms. The molecule has 2 heterocycles. The molecule has 144 valence electrons. The van der Waals surface area contributed by atoms with Crippen LogP contribution in [0, 0.1) is 0 Å². The second-order valence-corrected chi connectivity index (χ2v) is 7.68. The maximum absolute atomic E-state index is 12.5. The van der Waals surface area contributed by atoms with Crippen LogP contribution < -0.4 is 14.2 Å². The fraction of sp³-hybridized carbons (Fsp3) is 0.632. The van der Waals surface area contributed by atoms with Gasteiger partial charge in [-0.1, -0.05) is 6.42 Å². The normalized spacial score (nSPS) is 21.1. The van der Waals surface area contributed by atoms with Gasteiger partial charge in [-0.25, -0.2) is 0 Å². The number of carbonyl (C=O) groups is 1. The van der Waals surface area contributed by atoms with Crippen molar-refractivity contribution in [1.82, 2.24) is 9.80 Å². The number of carbonyl (C=O) groups excluding carboxylic acids is 1. The summed E-state index contributed by atoms with van der Waals surface area (Å²) in [5.74, 6) is 2.54. The van der Waals surface area contributed by atoms with E-state index in [0.29, 0.717) is 23.0 Å². The number of ether oxygens (including phenoxy) is 3. The molecule has 1 aromatic rings. The Bertz CT molecular complexity index is 609. The maximum atomic E-state index is 12.5. The van der Waals surface area contributed by atoms with E-state index in [0.717, 1.165) is 31.7 Å². The van der Waals surface area contributed by atoms with Crippen LogP contribution in [-0.2, 0) is 4.79 Å². The molecule has 26 heavy (non-hydrogen) atoms. The van der Waals surface area contributed by atoms with E-state index in [1.807, 2.05) is 17.0 Å². The van der Waals surface area contributed by atoms with Crippen molar-refractivity contribution < 1.29 is 19.0 Å². The van der Waals surface area contributed by atoms with Crippen LogP contribution >= 0.6 is 11.8 Å². The zero-order valence-electron chi connectivity index (χ0n) is 15.8. The van der Waals surface area contributed by atoms with Crippen LogP contribution in [0.2, 0.25) is 0 Å². The van der Waals surface area contributed by atoms with Gasteiger partial charge >= 0.3 is 0 Å². The van der Waals surface area contributed by atoms with E-state index in [1.165, 1.54) is 19.3 Å². The van der Waals surface area contributed by atoms with E-state index in [9.17, 15) is 4.79 Å². The molecule has 0 aromatic heterocycles. The summed E-state index contributed by atoms with van der Waals surface area (Å²) in [6.07, 6.45) is 3.85. The van der Waals surface area contributed by atoms with E-state index in [-0.39, 0.29) is 11.3 Å². The minimum atomic E-state index is -0.0130. The first-order chi connectivity index (χ1) is 12.7. The lowest BCUT2D eigenvalue weighted by Crippen LogP contribution is -2.39. The van der Waals surface area contributed by atoms with Crippen molar-refractivity contribution in [2.45, 2.75) is 24.6 Å². The first kappa shape index (κ1) is 19.2. The van der Waals surface area contributed by atoms with Crippen molar-refractivity contribution in [3.8, 4) is 17.2 Å². The van der Waals surface area contributed by atoms with Gasteiger partial charge in [-0.05, 0) is 43.6 Å². The molecule has 2 saturated heterocycles. The minimum absolute atomic E-state index is 0.0130. The summed E-state index contributed by atoms with van der Waals surface area (Å²) in [5, 5.41) is -0.0130. The molecule has 7 heteroatoms. The SMILES string of the molecule is COc1cc([C@@H]2SCC(=O)N2CCN2CCCCC2)cc(OC)c1OC. The zero-order valence-corrected chi connectivity index (χ0v) is 16.6. The van der Waals surface area contributed by atoms with Crippen LogP contribution in [0.25, 0.3) is 0 Å².